The molecule has 0 unspecified atom stereocenters. The van der Waals surface area contributed by atoms with Crippen LogP contribution in [0.5, 0.6) is 57.5 Å². The van der Waals surface area contributed by atoms with Gasteiger partial charge in [-0.15, -0.1) is 0 Å². The normalized spacial score (nSPS) is 14.0. The van der Waals surface area contributed by atoms with E-state index in [9.17, 15) is 30.3 Å². The van der Waals surface area contributed by atoms with Crippen molar-refractivity contribution in [2.45, 2.75) is 45.4 Å². The lowest BCUT2D eigenvalue weighted by atomic mass is 10.0. The number of fused-ring (bicyclic) bond motifs is 8. The summed E-state index contributed by atoms with van der Waals surface area (Å²) in [6, 6.07) is 11.4. The zero-order valence-electron chi connectivity index (χ0n) is 25.9. The van der Waals surface area contributed by atoms with E-state index in [1.165, 1.54) is 37.3 Å². The minimum atomic E-state index is -0.625. The summed E-state index contributed by atoms with van der Waals surface area (Å²) in [4.78, 5) is 12.0. The number of halogens is 4. The van der Waals surface area contributed by atoms with Crippen LogP contribution in [0, 0.1) is 0 Å². The number of hydrogen-bond donors (Lipinski definition) is 5. The van der Waals surface area contributed by atoms with Crippen LogP contribution in [0.1, 0.15) is 42.0 Å². The highest BCUT2D eigenvalue weighted by Gasteiger charge is 2.21. The van der Waals surface area contributed by atoms with Gasteiger partial charge in [0, 0.05) is 46.7 Å². The van der Waals surface area contributed by atoms with Crippen LogP contribution in [-0.4, -0.2) is 31.5 Å². The van der Waals surface area contributed by atoms with Crippen LogP contribution in [0.3, 0.4) is 0 Å². The number of carbonyl (C=O) groups is 1. The number of esters is 1. The van der Waals surface area contributed by atoms with Crippen molar-refractivity contribution in [2.75, 3.05) is 0 Å². The average Bonchev–Trinajstić information content (AvgIpc) is 3.01. The topological polar surface area (TPSA) is 146 Å². The smallest absolute Gasteiger partial charge is 0.308 e. The molecule has 5 N–H and O–H groups in total. The van der Waals surface area contributed by atoms with Gasteiger partial charge in [-0.2, -0.15) is 0 Å². The second-order valence-corrected chi connectivity index (χ2v) is 13.5. The number of phenolic OH excluding ortho intramolecular Hbond substituents is 5. The summed E-state index contributed by atoms with van der Waals surface area (Å²) in [6.45, 7) is 1.23. The van der Waals surface area contributed by atoms with E-state index in [4.69, 9.17) is 49.0 Å². The molecule has 0 saturated heterocycles. The third-order valence-electron chi connectivity index (χ3n) is 7.50. The summed E-state index contributed by atoms with van der Waals surface area (Å²) in [6.07, 6.45) is 5.16. The maximum absolute atomic E-state index is 12.0. The largest absolute Gasteiger partial charge is 0.508 e. The van der Waals surface area contributed by atoms with Crippen LogP contribution in [0.15, 0.2) is 75.2 Å². The minimum absolute atomic E-state index is 0.00320. The monoisotopic (exact) mass is 790 g/mol. The van der Waals surface area contributed by atoms with E-state index in [0.717, 1.165) is 6.07 Å². The first-order valence-corrected chi connectivity index (χ1v) is 16.9. The summed E-state index contributed by atoms with van der Waals surface area (Å²) >= 11 is 23.0. The predicted octanol–water partition coefficient (Wildman–Crippen LogP) is 10.0. The molecule has 0 radical (unpaired) electrons. The molecule has 6 rings (SSSR count). The van der Waals surface area contributed by atoms with Gasteiger partial charge in [-0.25, -0.2) is 0 Å². The fourth-order valence-corrected chi connectivity index (χ4v) is 6.19. The number of benzene rings is 4. The number of aryl methyl sites for hydroxylation is 2. The molecule has 4 aromatic carbocycles. The maximum Gasteiger partial charge on any atom is 0.308 e. The third kappa shape index (κ3) is 9.07. The second kappa shape index (κ2) is 15.6. The highest BCUT2D eigenvalue weighted by molar-refractivity contribution is 9.10. The van der Waals surface area contributed by atoms with E-state index in [2.05, 4.69) is 15.9 Å². The van der Waals surface area contributed by atoms with E-state index in [0.29, 0.717) is 57.4 Å². The molecule has 0 atom stereocenters. The van der Waals surface area contributed by atoms with Gasteiger partial charge in [-0.3, -0.25) is 4.79 Å². The molecule has 0 aromatic heterocycles. The molecule has 256 valence electrons. The Bertz CT molecular complexity index is 1990. The molecule has 13 heteroatoms. The quantitative estimate of drug-likeness (QED) is 0.0939. The van der Waals surface area contributed by atoms with Gasteiger partial charge in [0.1, 0.15) is 28.7 Å². The lowest BCUT2D eigenvalue weighted by Gasteiger charge is -2.17. The van der Waals surface area contributed by atoms with E-state index in [-0.39, 0.29) is 80.4 Å². The van der Waals surface area contributed by atoms with Crippen molar-refractivity contribution in [1.82, 2.24) is 0 Å². The summed E-state index contributed by atoms with van der Waals surface area (Å²) in [7, 11) is 0. The van der Waals surface area contributed by atoms with Crippen molar-refractivity contribution >= 4 is 56.7 Å². The Morgan fingerprint density at radius 2 is 1.41 bits per heavy atom. The molecule has 49 heavy (non-hydrogen) atoms. The van der Waals surface area contributed by atoms with Crippen molar-refractivity contribution in [3.05, 3.63) is 102 Å². The highest BCUT2D eigenvalue weighted by Crippen LogP contribution is 2.45. The van der Waals surface area contributed by atoms with Crippen molar-refractivity contribution < 1.29 is 44.5 Å². The van der Waals surface area contributed by atoms with Gasteiger partial charge in [0.05, 0.1) is 9.50 Å². The molecule has 0 amide bonds. The number of allylic oxidation sites excluding steroid dienone is 4. The number of phenols is 5. The molecule has 6 bridgehead atoms. The molecule has 2 heterocycles. The average molecular weight is 793 g/mol. The van der Waals surface area contributed by atoms with Gasteiger partial charge in [-0.05, 0) is 95.6 Å². The Morgan fingerprint density at radius 3 is 2.16 bits per heavy atom. The summed E-state index contributed by atoms with van der Waals surface area (Å²) in [5.41, 5.74) is 1.86. The molecule has 0 fully saturated rings. The van der Waals surface area contributed by atoms with Crippen LogP contribution >= 0.6 is 50.7 Å². The van der Waals surface area contributed by atoms with E-state index >= 15 is 0 Å². The van der Waals surface area contributed by atoms with Crippen LogP contribution in [0.2, 0.25) is 5.02 Å². The van der Waals surface area contributed by atoms with Gasteiger partial charge >= 0.3 is 5.97 Å². The lowest BCUT2D eigenvalue weighted by molar-refractivity contribution is -0.132. The fraction of sp³-hybridized carbons (Fsp3) is 0.194. The lowest BCUT2D eigenvalue weighted by Crippen LogP contribution is -2.04. The Kier molecular flexibility index (Phi) is 11.4. The molecular weight excluding hydrogens is 763 g/mol. The van der Waals surface area contributed by atoms with Crippen molar-refractivity contribution in [2.24, 2.45) is 0 Å². The molecule has 9 nitrogen and oxygen atoms in total. The van der Waals surface area contributed by atoms with Crippen LogP contribution in [0.4, 0.5) is 0 Å². The summed E-state index contributed by atoms with van der Waals surface area (Å²) in [5, 5.41) is 54.2. The predicted molar refractivity (Wildman–Crippen MR) is 190 cm³/mol. The van der Waals surface area contributed by atoms with Gasteiger partial charge in [0.2, 0.25) is 5.75 Å². The maximum atomic E-state index is 12.0. The van der Waals surface area contributed by atoms with E-state index in [1.807, 2.05) is 0 Å². The SMILES string of the molecule is CC(=O)Oc1cc2cc(O)c1Oc1cc(c(O)cc1Br)CC=C(Cl)Cc1cc(O)cc(O)c1Oc1cc(c(O)cc1Cl)CCC=C(Cl)CC2. The Hall–Kier alpha value is -4.22. The molecule has 2 aliphatic rings. The summed E-state index contributed by atoms with van der Waals surface area (Å²) in [5.74, 6) is -1.41. The highest BCUT2D eigenvalue weighted by atomic mass is 79.9. The first kappa shape index (κ1) is 36.1. The van der Waals surface area contributed by atoms with Crippen molar-refractivity contribution in [3.63, 3.8) is 0 Å². The van der Waals surface area contributed by atoms with Crippen molar-refractivity contribution in [3.8, 4) is 57.5 Å². The Morgan fingerprint density at radius 1 is 0.714 bits per heavy atom. The molecule has 4 aromatic rings. The van der Waals surface area contributed by atoms with E-state index in [1.54, 1.807) is 24.3 Å². The first-order chi connectivity index (χ1) is 23.3. The Labute approximate surface area is 305 Å². The van der Waals surface area contributed by atoms with Gasteiger partial charge < -0.3 is 39.7 Å². The molecular formula is C36H30BrCl3O9. The number of rotatable bonds is 1. The first-order valence-electron chi connectivity index (χ1n) is 14.9. The zero-order valence-corrected chi connectivity index (χ0v) is 29.8. The second-order valence-electron chi connectivity index (χ2n) is 11.2. The van der Waals surface area contributed by atoms with E-state index < -0.39 is 5.97 Å². The zero-order chi connectivity index (χ0) is 35.4. The molecule has 0 saturated carbocycles. The fourth-order valence-electron chi connectivity index (χ4n) is 5.16. The van der Waals surface area contributed by atoms with Crippen LogP contribution in [0.25, 0.3) is 0 Å². The number of carbonyl (C=O) groups excluding carboxylic acids is 1. The number of ether oxygens (including phenoxy) is 3. The minimum Gasteiger partial charge on any atom is -0.508 e. The molecule has 2 aliphatic heterocycles. The van der Waals surface area contributed by atoms with Gasteiger partial charge in [0.25, 0.3) is 0 Å². The number of aromatic hydroxyl groups is 5. The van der Waals surface area contributed by atoms with Gasteiger partial charge in [0.15, 0.2) is 23.0 Å². The molecule has 0 spiro atoms. The Balaban J connectivity index is 1.59. The van der Waals surface area contributed by atoms with Crippen molar-refractivity contribution in [1.29, 1.82) is 0 Å². The molecule has 0 aliphatic carbocycles. The third-order valence-corrected chi connectivity index (χ3v) is 9.05. The summed E-state index contributed by atoms with van der Waals surface area (Å²) < 4.78 is 17.8. The van der Waals surface area contributed by atoms with Crippen LogP contribution < -0.4 is 14.2 Å². The van der Waals surface area contributed by atoms with Crippen LogP contribution in [-0.2, 0) is 30.5 Å². The standard InChI is InChI=1S/C36H30BrCl3O9/c1-18(41)47-34-10-19-5-7-23(38)4-2-3-20-14-33(27(40)17-29(20)44)49-35-22(12-25(42)15-31(35)46)11-24(39)8-6-21-13-32(26(37)16-28(21)43)48-36(34)30(45)9-19/h4,8-10,12-17,42-46H,2-3,5-7,11H2,1H3. The van der Waals surface area contributed by atoms with Gasteiger partial charge in [-0.1, -0.05) is 47.0 Å². The number of hydrogen-bond acceptors (Lipinski definition) is 9.